The first-order valence-electron chi connectivity index (χ1n) is 9.01. The fourth-order valence-electron chi connectivity index (χ4n) is 2.13. The van der Waals surface area contributed by atoms with Crippen molar-refractivity contribution in [2.75, 3.05) is 26.2 Å². The topological polar surface area (TPSA) is 116 Å². The third kappa shape index (κ3) is 18.1. The van der Waals surface area contributed by atoms with Gasteiger partial charge in [0.05, 0.1) is 0 Å². The van der Waals surface area contributed by atoms with Gasteiger partial charge in [-0.2, -0.15) is 0 Å². The van der Waals surface area contributed by atoms with Crippen molar-refractivity contribution in [3.63, 3.8) is 0 Å². The summed E-state index contributed by atoms with van der Waals surface area (Å²) in [5.74, 6) is -0.0349. The van der Waals surface area contributed by atoms with Crippen LogP contribution in [-0.2, 0) is 19.2 Å². The van der Waals surface area contributed by atoms with Crippen LogP contribution in [0.25, 0.3) is 0 Å². The fraction of sp³-hybridized carbons (Fsp3) is 0.765. The highest BCUT2D eigenvalue weighted by atomic mass is 16.2. The molecule has 0 aliphatic carbocycles. The van der Waals surface area contributed by atoms with Gasteiger partial charge in [-0.3, -0.25) is 19.2 Å². The molecule has 0 aliphatic rings. The van der Waals surface area contributed by atoms with Crippen molar-refractivity contribution in [1.29, 1.82) is 0 Å². The van der Waals surface area contributed by atoms with E-state index in [1.807, 2.05) is 0 Å². The molecule has 0 spiro atoms. The Labute approximate surface area is 149 Å². The number of carbonyl (C=O) groups excluding carboxylic acids is 4. The van der Waals surface area contributed by atoms with Crippen molar-refractivity contribution >= 4 is 24.1 Å². The molecule has 8 heteroatoms. The average molecular weight is 356 g/mol. The number of hydrogen-bond donors (Lipinski definition) is 4. The zero-order valence-electron chi connectivity index (χ0n) is 15.2. The van der Waals surface area contributed by atoms with Crippen molar-refractivity contribution in [2.24, 2.45) is 0 Å². The lowest BCUT2D eigenvalue weighted by Gasteiger charge is -2.06. The van der Waals surface area contributed by atoms with Gasteiger partial charge in [0.1, 0.15) is 0 Å². The van der Waals surface area contributed by atoms with E-state index in [0.717, 1.165) is 25.7 Å². The lowest BCUT2D eigenvalue weighted by Crippen LogP contribution is -2.26. The standard InChI is InChI=1S/C17H32N4O4/c1-15(23)19-11-6-7-13-21-17(25)9-3-2-8-16(24)20-12-5-4-10-18-14-22/h14H,2-13H2,1H3,(H,18,22)(H,19,23)(H,20,24)(H,21,25). The molecule has 0 aromatic heterocycles. The van der Waals surface area contributed by atoms with E-state index in [1.54, 1.807) is 0 Å². The second-order valence-corrected chi connectivity index (χ2v) is 5.88. The van der Waals surface area contributed by atoms with E-state index in [4.69, 9.17) is 0 Å². The van der Waals surface area contributed by atoms with E-state index in [0.29, 0.717) is 58.3 Å². The summed E-state index contributed by atoms with van der Waals surface area (Å²) in [5.41, 5.74) is 0. The molecule has 144 valence electrons. The SMILES string of the molecule is CC(=O)NCCCCNC(=O)CCCCC(=O)NCCCCNC=O. The van der Waals surface area contributed by atoms with Gasteiger partial charge in [-0.15, -0.1) is 0 Å². The van der Waals surface area contributed by atoms with Crippen LogP contribution < -0.4 is 21.3 Å². The minimum atomic E-state index is -0.0389. The van der Waals surface area contributed by atoms with Gasteiger partial charge in [-0.25, -0.2) is 0 Å². The van der Waals surface area contributed by atoms with Gasteiger partial charge < -0.3 is 21.3 Å². The summed E-state index contributed by atoms with van der Waals surface area (Å²) in [7, 11) is 0. The Morgan fingerprint density at radius 3 is 1.56 bits per heavy atom. The van der Waals surface area contributed by atoms with Crippen molar-refractivity contribution in [1.82, 2.24) is 21.3 Å². The zero-order valence-corrected chi connectivity index (χ0v) is 15.2. The molecule has 0 rings (SSSR count). The van der Waals surface area contributed by atoms with Crippen LogP contribution in [-0.4, -0.2) is 50.3 Å². The number of amides is 4. The van der Waals surface area contributed by atoms with Crippen molar-refractivity contribution in [3.05, 3.63) is 0 Å². The monoisotopic (exact) mass is 356 g/mol. The number of carbonyl (C=O) groups is 4. The van der Waals surface area contributed by atoms with Crippen LogP contribution in [0.2, 0.25) is 0 Å². The maximum absolute atomic E-state index is 11.6. The molecule has 0 bridgehead atoms. The number of unbranched alkanes of at least 4 members (excludes halogenated alkanes) is 3. The molecule has 0 saturated heterocycles. The molecular weight excluding hydrogens is 324 g/mol. The maximum Gasteiger partial charge on any atom is 0.219 e. The van der Waals surface area contributed by atoms with Gasteiger partial charge in [-0.1, -0.05) is 0 Å². The quantitative estimate of drug-likeness (QED) is 0.234. The van der Waals surface area contributed by atoms with E-state index >= 15 is 0 Å². The van der Waals surface area contributed by atoms with Crippen LogP contribution in [0, 0.1) is 0 Å². The predicted molar refractivity (Wildman–Crippen MR) is 95.7 cm³/mol. The van der Waals surface area contributed by atoms with Crippen molar-refractivity contribution in [2.45, 2.75) is 58.3 Å². The van der Waals surface area contributed by atoms with Crippen LogP contribution >= 0.6 is 0 Å². The maximum atomic E-state index is 11.6. The first-order valence-corrected chi connectivity index (χ1v) is 9.01. The fourth-order valence-corrected chi connectivity index (χ4v) is 2.13. The van der Waals surface area contributed by atoms with Gasteiger partial charge in [0.25, 0.3) is 0 Å². The molecule has 25 heavy (non-hydrogen) atoms. The van der Waals surface area contributed by atoms with Crippen molar-refractivity contribution in [3.8, 4) is 0 Å². The molecule has 0 atom stereocenters. The van der Waals surface area contributed by atoms with Gasteiger partial charge in [0.15, 0.2) is 0 Å². The van der Waals surface area contributed by atoms with Crippen LogP contribution in [0.4, 0.5) is 0 Å². The summed E-state index contributed by atoms with van der Waals surface area (Å²) >= 11 is 0. The smallest absolute Gasteiger partial charge is 0.219 e. The molecule has 0 aromatic rings. The van der Waals surface area contributed by atoms with Gasteiger partial charge in [0.2, 0.25) is 24.1 Å². The lowest BCUT2D eigenvalue weighted by molar-refractivity contribution is -0.123. The summed E-state index contributed by atoms with van der Waals surface area (Å²) in [4.78, 5) is 43.9. The average Bonchev–Trinajstić information content (AvgIpc) is 2.57. The van der Waals surface area contributed by atoms with Crippen molar-refractivity contribution < 1.29 is 19.2 Å². The van der Waals surface area contributed by atoms with E-state index in [1.165, 1.54) is 6.92 Å². The zero-order chi connectivity index (χ0) is 18.8. The third-order valence-electron chi connectivity index (χ3n) is 3.51. The van der Waals surface area contributed by atoms with Crippen LogP contribution in [0.5, 0.6) is 0 Å². The molecule has 0 fully saturated rings. The Bertz CT molecular complexity index is 402. The van der Waals surface area contributed by atoms with Crippen LogP contribution in [0.3, 0.4) is 0 Å². The van der Waals surface area contributed by atoms with Gasteiger partial charge in [0, 0.05) is 45.9 Å². The Hall–Kier alpha value is -2.12. The first kappa shape index (κ1) is 22.9. The summed E-state index contributed by atoms with van der Waals surface area (Å²) < 4.78 is 0. The number of hydrogen-bond acceptors (Lipinski definition) is 4. The normalized spacial score (nSPS) is 9.96. The number of rotatable bonds is 16. The minimum Gasteiger partial charge on any atom is -0.359 e. The molecule has 4 amide bonds. The molecule has 0 aliphatic heterocycles. The highest BCUT2D eigenvalue weighted by molar-refractivity contribution is 5.77. The van der Waals surface area contributed by atoms with Gasteiger partial charge >= 0.3 is 0 Å². The molecule has 0 unspecified atom stereocenters. The van der Waals surface area contributed by atoms with E-state index in [2.05, 4.69) is 21.3 Å². The summed E-state index contributed by atoms with van der Waals surface area (Å²) in [6, 6.07) is 0. The summed E-state index contributed by atoms with van der Waals surface area (Å²) in [5, 5.41) is 10.9. The third-order valence-corrected chi connectivity index (χ3v) is 3.51. The molecule has 0 heterocycles. The Balaban J connectivity index is 3.36. The van der Waals surface area contributed by atoms with E-state index in [9.17, 15) is 19.2 Å². The molecule has 4 N–H and O–H groups in total. The lowest BCUT2D eigenvalue weighted by atomic mass is 10.1. The Kier molecular flexibility index (Phi) is 15.3. The minimum absolute atomic E-state index is 0.00160. The largest absolute Gasteiger partial charge is 0.359 e. The molecule has 0 saturated carbocycles. The summed E-state index contributed by atoms with van der Waals surface area (Å²) in [6.45, 7) is 3.96. The van der Waals surface area contributed by atoms with E-state index in [-0.39, 0.29) is 17.7 Å². The first-order chi connectivity index (χ1) is 12.1. The van der Waals surface area contributed by atoms with Gasteiger partial charge in [-0.05, 0) is 38.5 Å². The second-order valence-electron chi connectivity index (χ2n) is 5.88. The Morgan fingerprint density at radius 2 is 1.12 bits per heavy atom. The van der Waals surface area contributed by atoms with Crippen LogP contribution in [0.1, 0.15) is 58.3 Å². The highest BCUT2D eigenvalue weighted by Crippen LogP contribution is 2.00. The Morgan fingerprint density at radius 1 is 0.680 bits per heavy atom. The predicted octanol–water partition coefficient (Wildman–Crippen LogP) is 0.222. The van der Waals surface area contributed by atoms with Crippen LogP contribution in [0.15, 0.2) is 0 Å². The molecular formula is C17H32N4O4. The molecule has 8 nitrogen and oxygen atoms in total. The van der Waals surface area contributed by atoms with E-state index < -0.39 is 0 Å². The highest BCUT2D eigenvalue weighted by Gasteiger charge is 2.04. The summed E-state index contributed by atoms with van der Waals surface area (Å²) in [6.07, 6.45) is 6.24. The second kappa shape index (κ2) is 16.7. The molecule has 0 aromatic carbocycles. The molecule has 0 radical (unpaired) electrons. The number of nitrogens with one attached hydrogen (secondary N) is 4.